The van der Waals surface area contributed by atoms with Crippen molar-refractivity contribution in [3.8, 4) is 11.5 Å². The van der Waals surface area contributed by atoms with E-state index in [1.165, 1.54) is 11.3 Å². The van der Waals surface area contributed by atoms with Crippen LogP contribution in [-0.4, -0.2) is 30.7 Å². The van der Waals surface area contributed by atoms with Crippen LogP contribution in [0.3, 0.4) is 0 Å². The third-order valence-electron chi connectivity index (χ3n) is 3.44. The molecule has 0 bridgehead atoms. The Morgan fingerprint density at radius 1 is 1.29 bits per heavy atom. The van der Waals surface area contributed by atoms with Crippen LogP contribution in [0.25, 0.3) is 0 Å². The maximum absolute atomic E-state index is 12.1. The number of amides is 1. The molecular formula is C17H19NO5S. The van der Waals surface area contributed by atoms with Crippen LogP contribution in [0, 0.1) is 6.92 Å². The summed E-state index contributed by atoms with van der Waals surface area (Å²) in [6.45, 7) is 3.52. The first kappa shape index (κ1) is 17.8. The Labute approximate surface area is 144 Å². The summed E-state index contributed by atoms with van der Waals surface area (Å²) < 4.78 is 10.5. The summed E-state index contributed by atoms with van der Waals surface area (Å²) in [5.74, 6) is -0.327. The van der Waals surface area contributed by atoms with Gasteiger partial charge in [-0.15, -0.1) is 11.3 Å². The van der Waals surface area contributed by atoms with E-state index in [1.807, 2.05) is 13.8 Å². The molecule has 128 valence electrons. The van der Waals surface area contributed by atoms with Gasteiger partial charge in [-0.3, -0.25) is 4.79 Å². The van der Waals surface area contributed by atoms with Gasteiger partial charge >= 0.3 is 5.97 Å². The zero-order chi connectivity index (χ0) is 17.7. The van der Waals surface area contributed by atoms with Crippen LogP contribution in [0.1, 0.15) is 27.7 Å². The number of carboxylic acids is 1. The molecule has 2 aromatic rings. The maximum Gasteiger partial charge on any atom is 0.339 e. The summed E-state index contributed by atoms with van der Waals surface area (Å²) in [4.78, 5) is 24.4. The van der Waals surface area contributed by atoms with Crippen molar-refractivity contribution in [1.82, 2.24) is 0 Å². The molecule has 1 aromatic heterocycles. The molecule has 24 heavy (non-hydrogen) atoms. The Morgan fingerprint density at radius 2 is 2.00 bits per heavy atom. The number of carboxylic acid groups (broad SMARTS) is 1. The fourth-order valence-corrected chi connectivity index (χ4v) is 3.47. The number of benzene rings is 1. The number of carbonyl (C=O) groups excluding carboxylic acids is 1. The summed E-state index contributed by atoms with van der Waals surface area (Å²) in [5.41, 5.74) is 0.909. The number of carbonyl (C=O) groups is 2. The SMILES string of the molecule is CCc1c(C)sc(NC(=O)COc2cccc(OC)c2)c1C(=O)O. The smallest absolute Gasteiger partial charge is 0.339 e. The average Bonchev–Trinajstić information content (AvgIpc) is 2.88. The lowest BCUT2D eigenvalue weighted by molar-refractivity contribution is -0.118. The molecule has 0 atom stereocenters. The number of hydrogen-bond donors (Lipinski definition) is 2. The lowest BCUT2D eigenvalue weighted by atomic mass is 10.1. The normalized spacial score (nSPS) is 10.3. The molecule has 2 rings (SSSR count). The van der Waals surface area contributed by atoms with Crippen molar-refractivity contribution in [3.63, 3.8) is 0 Å². The van der Waals surface area contributed by atoms with Gasteiger partial charge in [0.2, 0.25) is 0 Å². The minimum atomic E-state index is -1.04. The summed E-state index contributed by atoms with van der Waals surface area (Å²) in [5, 5.41) is 12.4. The van der Waals surface area contributed by atoms with Crippen molar-refractivity contribution in [1.29, 1.82) is 0 Å². The second kappa shape index (κ2) is 7.83. The number of hydrogen-bond acceptors (Lipinski definition) is 5. The van der Waals surface area contributed by atoms with E-state index < -0.39 is 11.9 Å². The molecular weight excluding hydrogens is 330 g/mol. The predicted octanol–water partition coefficient (Wildman–Crippen LogP) is 3.34. The highest BCUT2D eigenvalue weighted by atomic mass is 32.1. The Balaban J connectivity index is 2.06. The molecule has 0 spiro atoms. The molecule has 0 aliphatic heterocycles. The molecule has 1 amide bonds. The monoisotopic (exact) mass is 349 g/mol. The van der Waals surface area contributed by atoms with Crippen molar-refractivity contribution in [2.24, 2.45) is 0 Å². The first-order chi connectivity index (χ1) is 11.5. The van der Waals surface area contributed by atoms with Crippen LogP contribution in [-0.2, 0) is 11.2 Å². The predicted molar refractivity (Wildman–Crippen MR) is 92.5 cm³/mol. The second-order valence-electron chi connectivity index (χ2n) is 5.02. The highest BCUT2D eigenvalue weighted by Crippen LogP contribution is 2.33. The fraction of sp³-hybridized carbons (Fsp3) is 0.294. The van der Waals surface area contributed by atoms with Crippen molar-refractivity contribution in [3.05, 3.63) is 40.3 Å². The number of aromatic carboxylic acids is 1. The molecule has 2 N–H and O–H groups in total. The van der Waals surface area contributed by atoms with Gasteiger partial charge in [0.15, 0.2) is 6.61 Å². The summed E-state index contributed by atoms with van der Waals surface area (Å²) in [7, 11) is 1.55. The summed E-state index contributed by atoms with van der Waals surface area (Å²) in [6, 6.07) is 6.90. The van der Waals surface area contributed by atoms with Gasteiger partial charge in [0.05, 0.1) is 12.7 Å². The molecule has 6 nitrogen and oxygen atoms in total. The number of aryl methyl sites for hydroxylation is 1. The molecule has 1 heterocycles. The molecule has 0 saturated heterocycles. The van der Waals surface area contributed by atoms with E-state index >= 15 is 0 Å². The van der Waals surface area contributed by atoms with E-state index in [1.54, 1.807) is 31.4 Å². The Kier molecular flexibility index (Phi) is 5.81. The zero-order valence-corrected chi connectivity index (χ0v) is 14.5. The minimum absolute atomic E-state index is 0.162. The molecule has 0 radical (unpaired) electrons. The van der Waals surface area contributed by atoms with E-state index in [9.17, 15) is 14.7 Å². The van der Waals surface area contributed by atoms with E-state index in [-0.39, 0.29) is 12.2 Å². The van der Waals surface area contributed by atoms with Gasteiger partial charge in [0, 0.05) is 10.9 Å². The third kappa shape index (κ3) is 4.05. The van der Waals surface area contributed by atoms with E-state index in [0.29, 0.717) is 22.9 Å². The van der Waals surface area contributed by atoms with Crippen LogP contribution in [0.2, 0.25) is 0 Å². The number of nitrogens with one attached hydrogen (secondary N) is 1. The highest BCUT2D eigenvalue weighted by molar-refractivity contribution is 7.16. The molecule has 7 heteroatoms. The largest absolute Gasteiger partial charge is 0.497 e. The van der Waals surface area contributed by atoms with Gasteiger partial charge in [0.1, 0.15) is 16.5 Å². The molecule has 0 unspecified atom stereocenters. The lowest BCUT2D eigenvalue weighted by Gasteiger charge is -2.08. The number of anilines is 1. The Bertz CT molecular complexity index is 753. The number of ether oxygens (including phenoxy) is 2. The third-order valence-corrected chi connectivity index (χ3v) is 4.50. The van der Waals surface area contributed by atoms with Gasteiger partial charge in [-0.1, -0.05) is 13.0 Å². The zero-order valence-electron chi connectivity index (χ0n) is 13.7. The van der Waals surface area contributed by atoms with Gasteiger partial charge in [-0.2, -0.15) is 0 Å². The van der Waals surface area contributed by atoms with Gasteiger partial charge in [-0.05, 0) is 31.0 Å². The number of rotatable bonds is 7. The first-order valence-electron chi connectivity index (χ1n) is 7.38. The second-order valence-corrected chi connectivity index (χ2v) is 6.24. The molecule has 0 aliphatic rings. The molecule has 0 aliphatic carbocycles. The Morgan fingerprint density at radius 3 is 2.62 bits per heavy atom. The minimum Gasteiger partial charge on any atom is -0.497 e. The van der Waals surface area contributed by atoms with E-state index in [4.69, 9.17) is 9.47 Å². The first-order valence-corrected chi connectivity index (χ1v) is 8.20. The van der Waals surface area contributed by atoms with Crippen molar-refractivity contribution in [2.45, 2.75) is 20.3 Å². The standard InChI is InChI=1S/C17H19NO5S/c1-4-13-10(2)24-16(15(13)17(20)21)18-14(19)9-23-12-7-5-6-11(8-12)22-3/h5-8H,4,9H2,1-3H3,(H,18,19)(H,20,21). The van der Waals surface area contributed by atoms with Crippen LogP contribution in [0.15, 0.2) is 24.3 Å². The van der Waals surface area contributed by atoms with Gasteiger partial charge in [-0.25, -0.2) is 4.79 Å². The average molecular weight is 349 g/mol. The number of thiophene rings is 1. The van der Waals surface area contributed by atoms with Crippen molar-refractivity contribution < 1.29 is 24.2 Å². The number of methoxy groups -OCH3 is 1. The topological polar surface area (TPSA) is 84.9 Å². The molecule has 0 fully saturated rings. The van der Waals surface area contributed by atoms with Gasteiger partial charge < -0.3 is 19.9 Å². The van der Waals surface area contributed by atoms with E-state index in [0.717, 1.165) is 10.4 Å². The highest BCUT2D eigenvalue weighted by Gasteiger charge is 2.21. The van der Waals surface area contributed by atoms with Crippen molar-refractivity contribution >= 4 is 28.2 Å². The van der Waals surface area contributed by atoms with Crippen LogP contribution in [0.4, 0.5) is 5.00 Å². The van der Waals surface area contributed by atoms with Crippen LogP contribution < -0.4 is 14.8 Å². The fourth-order valence-electron chi connectivity index (χ4n) is 2.32. The maximum atomic E-state index is 12.1. The summed E-state index contributed by atoms with van der Waals surface area (Å²) in [6.07, 6.45) is 0.597. The molecule has 0 saturated carbocycles. The van der Waals surface area contributed by atoms with Crippen LogP contribution in [0.5, 0.6) is 11.5 Å². The van der Waals surface area contributed by atoms with Crippen LogP contribution >= 0.6 is 11.3 Å². The summed E-state index contributed by atoms with van der Waals surface area (Å²) >= 11 is 1.26. The Hall–Kier alpha value is -2.54. The lowest BCUT2D eigenvalue weighted by Crippen LogP contribution is -2.21. The van der Waals surface area contributed by atoms with Crippen molar-refractivity contribution in [2.75, 3.05) is 19.0 Å². The quantitative estimate of drug-likeness (QED) is 0.801. The molecule has 1 aromatic carbocycles. The van der Waals surface area contributed by atoms with E-state index in [2.05, 4.69) is 5.32 Å². The van der Waals surface area contributed by atoms with Gasteiger partial charge in [0.25, 0.3) is 5.91 Å².